The molecule has 29 heavy (non-hydrogen) atoms. The smallest absolute Gasteiger partial charge is 0.323 e. The van der Waals surface area contributed by atoms with Crippen LogP contribution in [0.25, 0.3) is 0 Å². The normalized spacial score (nSPS) is 17.2. The molecule has 3 rings (SSSR count). The van der Waals surface area contributed by atoms with Gasteiger partial charge >= 0.3 is 5.97 Å². The highest BCUT2D eigenvalue weighted by molar-refractivity contribution is 7.80. The van der Waals surface area contributed by atoms with Crippen LogP contribution in [0.5, 0.6) is 0 Å². The molecule has 0 fully saturated rings. The molecule has 2 aromatic carbocycles. The predicted molar refractivity (Wildman–Crippen MR) is 114 cm³/mol. The Kier molecular flexibility index (Phi) is 6.93. The average molecular weight is 413 g/mol. The van der Waals surface area contributed by atoms with E-state index >= 15 is 0 Å². The Hall–Kier alpha value is -2.80. The Bertz CT molecular complexity index is 887. The van der Waals surface area contributed by atoms with Crippen molar-refractivity contribution >= 4 is 36.1 Å². The van der Waals surface area contributed by atoms with Gasteiger partial charge in [-0.3, -0.25) is 19.3 Å². The minimum absolute atomic E-state index is 0.247. The second-order valence-electron chi connectivity index (χ2n) is 7.12. The number of aryl methyl sites for hydroxylation is 1. The molecule has 6 nitrogen and oxygen atoms in total. The summed E-state index contributed by atoms with van der Waals surface area (Å²) < 4.78 is 0. The lowest BCUT2D eigenvalue weighted by Crippen LogP contribution is -2.51. The van der Waals surface area contributed by atoms with E-state index in [-0.39, 0.29) is 11.8 Å². The van der Waals surface area contributed by atoms with Gasteiger partial charge in [0.25, 0.3) is 0 Å². The molecule has 2 amide bonds. The molecule has 0 radical (unpaired) electrons. The number of anilines is 1. The van der Waals surface area contributed by atoms with Gasteiger partial charge in [0.15, 0.2) is 0 Å². The van der Waals surface area contributed by atoms with E-state index in [1.54, 1.807) is 12.1 Å². The third-order valence-electron chi connectivity index (χ3n) is 5.07. The second kappa shape index (κ2) is 9.60. The predicted octanol–water partition coefficient (Wildman–Crippen LogP) is 2.32. The molecular weight excluding hydrogens is 388 g/mol. The number of carbonyl (C=O) groups is 3. The van der Waals surface area contributed by atoms with Crippen LogP contribution in [0, 0.1) is 5.92 Å². The summed E-state index contributed by atoms with van der Waals surface area (Å²) in [6.45, 7) is -0.442. The number of rotatable bonds is 7. The van der Waals surface area contributed by atoms with Crippen LogP contribution in [-0.4, -0.2) is 41.2 Å². The van der Waals surface area contributed by atoms with Gasteiger partial charge in [0, 0.05) is 11.4 Å². The van der Waals surface area contributed by atoms with Gasteiger partial charge in [0.1, 0.15) is 12.6 Å². The third kappa shape index (κ3) is 5.17. The van der Waals surface area contributed by atoms with Crippen LogP contribution in [0.2, 0.25) is 0 Å². The number of benzene rings is 2. The summed E-state index contributed by atoms with van der Waals surface area (Å²) in [5, 5.41) is 12.1. The van der Waals surface area contributed by atoms with Gasteiger partial charge in [-0.25, -0.2) is 0 Å². The van der Waals surface area contributed by atoms with E-state index in [1.807, 2.05) is 42.5 Å². The summed E-state index contributed by atoms with van der Waals surface area (Å²) in [5.74, 6) is -1.78. The fourth-order valence-corrected chi connectivity index (χ4v) is 3.87. The Morgan fingerprint density at radius 2 is 1.83 bits per heavy atom. The molecular formula is C22H24N2O4S. The monoisotopic (exact) mass is 412 g/mol. The lowest BCUT2D eigenvalue weighted by molar-refractivity contribution is -0.137. The molecule has 1 aliphatic rings. The van der Waals surface area contributed by atoms with Crippen LogP contribution in [-0.2, 0) is 27.2 Å². The van der Waals surface area contributed by atoms with Crippen LogP contribution in [0.3, 0.4) is 0 Å². The van der Waals surface area contributed by atoms with Crippen molar-refractivity contribution in [1.29, 1.82) is 0 Å². The van der Waals surface area contributed by atoms with Crippen LogP contribution in [0.15, 0.2) is 54.6 Å². The molecule has 0 aromatic heterocycles. The van der Waals surface area contributed by atoms with Gasteiger partial charge in [-0.05, 0) is 36.5 Å². The number of carbonyl (C=O) groups excluding carboxylic acids is 2. The van der Waals surface area contributed by atoms with E-state index in [0.717, 1.165) is 11.1 Å². The zero-order valence-corrected chi connectivity index (χ0v) is 16.8. The second-order valence-corrected chi connectivity index (χ2v) is 7.48. The summed E-state index contributed by atoms with van der Waals surface area (Å²) in [4.78, 5) is 38.5. The summed E-state index contributed by atoms with van der Waals surface area (Å²) in [6, 6.07) is 16.1. The number of hydrogen-bond donors (Lipinski definition) is 3. The molecule has 0 bridgehead atoms. The molecule has 0 saturated carbocycles. The fourth-order valence-electron chi connectivity index (χ4n) is 3.58. The first-order chi connectivity index (χ1) is 14.0. The third-order valence-corrected chi connectivity index (χ3v) is 5.52. The summed E-state index contributed by atoms with van der Waals surface area (Å²) in [6.07, 6.45) is 1.52. The number of nitrogens with one attached hydrogen (secondary N) is 1. The van der Waals surface area contributed by atoms with Crippen molar-refractivity contribution in [3.05, 3.63) is 65.7 Å². The van der Waals surface area contributed by atoms with Gasteiger partial charge in [-0.2, -0.15) is 12.6 Å². The number of amides is 2. The molecule has 2 atom stereocenters. The van der Waals surface area contributed by atoms with Crippen molar-refractivity contribution in [3.8, 4) is 0 Å². The molecule has 1 heterocycles. The minimum atomic E-state index is -1.10. The Labute approximate surface area is 175 Å². The van der Waals surface area contributed by atoms with Gasteiger partial charge in [-0.15, -0.1) is 0 Å². The quantitative estimate of drug-likeness (QED) is 0.609. The van der Waals surface area contributed by atoms with Crippen LogP contribution in [0.4, 0.5) is 5.69 Å². The van der Waals surface area contributed by atoms with Crippen molar-refractivity contribution in [2.45, 2.75) is 25.3 Å². The van der Waals surface area contributed by atoms with Crippen LogP contribution >= 0.6 is 12.6 Å². The average Bonchev–Trinajstić information content (AvgIpc) is 2.85. The highest BCUT2D eigenvalue weighted by Crippen LogP contribution is 2.27. The van der Waals surface area contributed by atoms with Gasteiger partial charge in [-0.1, -0.05) is 48.5 Å². The molecule has 0 aliphatic carbocycles. The first kappa shape index (κ1) is 20.9. The van der Waals surface area contributed by atoms with Crippen LogP contribution in [0.1, 0.15) is 17.5 Å². The highest BCUT2D eigenvalue weighted by Gasteiger charge is 2.33. The van der Waals surface area contributed by atoms with E-state index in [9.17, 15) is 19.5 Å². The number of carboxylic acids is 1. The van der Waals surface area contributed by atoms with Crippen molar-refractivity contribution in [2.24, 2.45) is 5.92 Å². The largest absolute Gasteiger partial charge is 0.480 e. The summed E-state index contributed by atoms with van der Waals surface area (Å²) >= 11 is 4.32. The topological polar surface area (TPSA) is 86.7 Å². The lowest BCUT2D eigenvalue weighted by atomic mass is 9.99. The summed E-state index contributed by atoms with van der Waals surface area (Å²) in [5.41, 5.74) is 2.51. The van der Waals surface area contributed by atoms with E-state index in [4.69, 9.17) is 0 Å². The van der Waals surface area contributed by atoms with Gasteiger partial charge in [0.05, 0.1) is 5.92 Å². The van der Waals surface area contributed by atoms with Gasteiger partial charge in [0.2, 0.25) is 11.8 Å². The number of aliphatic carboxylic acids is 1. The highest BCUT2D eigenvalue weighted by atomic mass is 32.1. The SMILES string of the molecule is O=C(O)CN1C(=O)[C@@H](NC(=O)[C@H](CS)Cc2ccccc2)CCc2ccccc21. The van der Waals surface area contributed by atoms with E-state index in [1.165, 1.54) is 4.90 Å². The molecule has 2 aromatic rings. The molecule has 1 aliphatic heterocycles. The number of nitrogens with zero attached hydrogens (tertiary/aromatic N) is 1. The van der Waals surface area contributed by atoms with Gasteiger partial charge < -0.3 is 10.4 Å². The van der Waals surface area contributed by atoms with Crippen molar-refractivity contribution < 1.29 is 19.5 Å². The maximum atomic E-state index is 13.1. The number of para-hydroxylation sites is 1. The zero-order valence-electron chi connectivity index (χ0n) is 16.0. The molecule has 0 saturated heterocycles. The molecule has 0 spiro atoms. The maximum absolute atomic E-state index is 13.1. The van der Waals surface area contributed by atoms with Crippen LogP contribution < -0.4 is 10.2 Å². The van der Waals surface area contributed by atoms with Crippen molar-refractivity contribution in [3.63, 3.8) is 0 Å². The number of thiol groups is 1. The molecule has 2 N–H and O–H groups in total. The molecule has 7 heteroatoms. The van der Waals surface area contributed by atoms with E-state index in [2.05, 4.69) is 17.9 Å². The Morgan fingerprint density at radius 3 is 2.52 bits per heavy atom. The van der Waals surface area contributed by atoms with Crippen molar-refractivity contribution in [2.75, 3.05) is 17.2 Å². The number of hydrogen-bond acceptors (Lipinski definition) is 4. The lowest BCUT2D eigenvalue weighted by Gasteiger charge is -2.26. The minimum Gasteiger partial charge on any atom is -0.480 e. The van der Waals surface area contributed by atoms with E-state index in [0.29, 0.717) is 30.7 Å². The first-order valence-corrected chi connectivity index (χ1v) is 10.2. The maximum Gasteiger partial charge on any atom is 0.323 e. The van der Waals surface area contributed by atoms with E-state index < -0.39 is 24.5 Å². The number of fused-ring (bicyclic) bond motifs is 1. The fraction of sp³-hybridized carbons (Fsp3) is 0.318. The standard InChI is InChI=1S/C22H24N2O4S/c25-20(26)13-24-19-9-5-4-8-16(19)10-11-18(22(24)28)23-21(27)17(14-29)12-15-6-2-1-3-7-15/h1-9,17-18,29H,10-14H2,(H,23,27)(H,25,26)/t17-,18-/m0/s1. The Morgan fingerprint density at radius 1 is 1.14 bits per heavy atom. The molecule has 0 unspecified atom stereocenters. The number of carboxylic acid groups (broad SMARTS) is 1. The summed E-state index contributed by atoms with van der Waals surface area (Å²) in [7, 11) is 0. The first-order valence-electron chi connectivity index (χ1n) is 9.56. The zero-order chi connectivity index (χ0) is 20.8. The molecule has 152 valence electrons. The Balaban J connectivity index is 1.76. The van der Waals surface area contributed by atoms with Crippen molar-refractivity contribution in [1.82, 2.24) is 5.32 Å².